The average molecular weight is 227 g/mol. The van der Waals surface area contributed by atoms with Gasteiger partial charge in [0.05, 0.1) is 0 Å². The molecule has 1 aromatic rings. The summed E-state index contributed by atoms with van der Waals surface area (Å²) in [6, 6.07) is 1.99. The molecule has 1 heterocycles. The molecule has 5 nitrogen and oxygen atoms in total. The van der Waals surface area contributed by atoms with Crippen molar-refractivity contribution < 1.29 is 0 Å². The highest BCUT2D eigenvalue weighted by Gasteiger charge is 2.10. The Labute approximate surface area is 93.7 Å². The van der Waals surface area contributed by atoms with Crippen LogP contribution in [0, 0.1) is 6.92 Å². The molecule has 0 saturated heterocycles. The third-order valence-corrected chi connectivity index (χ3v) is 2.72. The van der Waals surface area contributed by atoms with Crippen molar-refractivity contribution >= 4 is 17.6 Å². The van der Waals surface area contributed by atoms with Gasteiger partial charge in [-0.2, -0.15) is 16.9 Å². The fraction of sp³-hybridized carbons (Fsp3) is 0.444. The van der Waals surface area contributed by atoms with E-state index in [0.29, 0.717) is 5.84 Å². The van der Waals surface area contributed by atoms with E-state index in [1.54, 1.807) is 11.8 Å². The summed E-state index contributed by atoms with van der Waals surface area (Å²) < 4.78 is 0. The Morgan fingerprint density at radius 1 is 1.67 bits per heavy atom. The predicted octanol–water partition coefficient (Wildman–Crippen LogP) is 0.312. The van der Waals surface area contributed by atoms with E-state index in [1.807, 2.05) is 13.0 Å². The summed E-state index contributed by atoms with van der Waals surface area (Å²) in [4.78, 5) is 3.28. The number of amidine groups is 1. The molecular formula is C9H17N5S. The zero-order valence-corrected chi connectivity index (χ0v) is 9.82. The first-order valence-corrected chi connectivity index (χ1v) is 6.04. The maximum Gasteiger partial charge on any atom is 0.168 e. The Bertz CT molecular complexity index is 344. The first-order chi connectivity index (χ1) is 7.22. The monoisotopic (exact) mass is 227 g/mol. The minimum Gasteiger partial charge on any atom is -0.362 e. The maximum absolute atomic E-state index is 5.34. The van der Waals surface area contributed by atoms with Gasteiger partial charge < -0.3 is 16.3 Å². The van der Waals surface area contributed by atoms with Crippen LogP contribution in [0.1, 0.15) is 17.0 Å². The van der Waals surface area contributed by atoms with Gasteiger partial charge in [0, 0.05) is 17.0 Å². The number of hydrazine groups is 1. The Morgan fingerprint density at radius 3 is 2.93 bits per heavy atom. The van der Waals surface area contributed by atoms with Crippen molar-refractivity contribution in [2.45, 2.75) is 13.3 Å². The number of thioether (sulfide) groups is 1. The van der Waals surface area contributed by atoms with Gasteiger partial charge in [0.1, 0.15) is 0 Å². The number of aryl methyl sites for hydroxylation is 2. The molecule has 15 heavy (non-hydrogen) atoms. The van der Waals surface area contributed by atoms with Crippen LogP contribution in [0.4, 0.5) is 0 Å². The zero-order chi connectivity index (χ0) is 11.3. The highest BCUT2D eigenvalue weighted by molar-refractivity contribution is 7.98. The van der Waals surface area contributed by atoms with Crippen LogP contribution in [-0.4, -0.2) is 22.8 Å². The highest BCUT2D eigenvalue weighted by atomic mass is 32.2. The van der Waals surface area contributed by atoms with E-state index < -0.39 is 0 Å². The molecule has 0 radical (unpaired) electrons. The molecule has 0 fully saturated rings. The highest BCUT2D eigenvalue weighted by Crippen LogP contribution is 2.13. The summed E-state index contributed by atoms with van der Waals surface area (Å²) in [6.45, 7) is 2.00. The summed E-state index contributed by atoms with van der Waals surface area (Å²) in [5.41, 5.74) is 5.64. The minimum absolute atomic E-state index is 0.510. The molecule has 0 amide bonds. The molecule has 0 saturated carbocycles. The standard InChI is InChI=1S/C9H17N5S/c1-6-5-7(9(13-10)14-11)8(12-6)3-4-15-2/h5,12H,3-4,10-11H2,1-2H3,(H,13,14). The summed E-state index contributed by atoms with van der Waals surface area (Å²) >= 11 is 1.80. The number of hydrogen-bond donors (Lipinski definition) is 4. The molecule has 0 aliphatic heterocycles. The molecule has 1 aromatic heterocycles. The molecule has 0 atom stereocenters. The lowest BCUT2D eigenvalue weighted by molar-refractivity contribution is 0.989. The van der Waals surface area contributed by atoms with E-state index in [-0.39, 0.29) is 0 Å². The molecular weight excluding hydrogens is 210 g/mol. The quantitative estimate of drug-likeness (QED) is 0.258. The third-order valence-electron chi connectivity index (χ3n) is 2.11. The summed E-state index contributed by atoms with van der Waals surface area (Å²) in [6.07, 6.45) is 3.03. The molecule has 0 aliphatic carbocycles. The second-order valence-electron chi connectivity index (χ2n) is 3.21. The van der Waals surface area contributed by atoms with Crippen LogP contribution in [0.15, 0.2) is 11.2 Å². The zero-order valence-electron chi connectivity index (χ0n) is 9.00. The van der Waals surface area contributed by atoms with Gasteiger partial charge in [-0.1, -0.05) is 0 Å². The fourth-order valence-corrected chi connectivity index (χ4v) is 1.85. The number of hydrogen-bond acceptors (Lipinski definition) is 4. The minimum atomic E-state index is 0.510. The molecule has 0 aliphatic rings. The normalized spacial score (nSPS) is 11.8. The summed E-state index contributed by atoms with van der Waals surface area (Å²) in [5, 5.41) is 3.61. The fourth-order valence-electron chi connectivity index (χ4n) is 1.44. The van der Waals surface area contributed by atoms with E-state index >= 15 is 0 Å². The summed E-state index contributed by atoms with van der Waals surface area (Å²) in [7, 11) is 0. The van der Waals surface area contributed by atoms with Gasteiger partial charge in [-0.15, -0.1) is 0 Å². The van der Waals surface area contributed by atoms with Crippen molar-refractivity contribution in [3.8, 4) is 0 Å². The molecule has 6 heteroatoms. The number of rotatable bonds is 4. The smallest absolute Gasteiger partial charge is 0.168 e. The van der Waals surface area contributed by atoms with Crippen LogP contribution in [0.2, 0.25) is 0 Å². The largest absolute Gasteiger partial charge is 0.362 e. The van der Waals surface area contributed by atoms with Crippen molar-refractivity contribution in [2.24, 2.45) is 16.8 Å². The lowest BCUT2D eigenvalue weighted by Gasteiger charge is -2.04. The van der Waals surface area contributed by atoms with Gasteiger partial charge in [0.15, 0.2) is 5.84 Å². The van der Waals surface area contributed by atoms with Crippen molar-refractivity contribution in [3.63, 3.8) is 0 Å². The van der Waals surface area contributed by atoms with E-state index in [9.17, 15) is 0 Å². The van der Waals surface area contributed by atoms with E-state index in [1.165, 1.54) is 0 Å². The molecule has 84 valence electrons. The molecule has 0 unspecified atom stereocenters. The van der Waals surface area contributed by atoms with Gasteiger partial charge >= 0.3 is 0 Å². The number of aromatic amines is 1. The lowest BCUT2D eigenvalue weighted by Crippen LogP contribution is -2.32. The number of nitrogens with zero attached hydrogens (tertiary/aromatic N) is 1. The van der Waals surface area contributed by atoms with Crippen LogP contribution in [0.25, 0.3) is 0 Å². The third kappa shape index (κ3) is 2.90. The Kier molecular flexibility index (Phi) is 4.51. The Balaban J connectivity index is 2.94. The van der Waals surface area contributed by atoms with Crippen LogP contribution in [0.3, 0.4) is 0 Å². The van der Waals surface area contributed by atoms with Crippen molar-refractivity contribution in [2.75, 3.05) is 12.0 Å². The maximum atomic E-state index is 5.34. The number of nitrogens with one attached hydrogen (secondary N) is 2. The van der Waals surface area contributed by atoms with E-state index in [4.69, 9.17) is 11.7 Å². The number of H-pyrrole nitrogens is 1. The van der Waals surface area contributed by atoms with Crippen LogP contribution in [0.5, 0.6) is 0 Å². The van der Waals surface area contributed by atoms with Crippen molar-refractivity contribution in [1.29, 1.82) is 0 Å². The van der Waals surface area contributed by atoms with Crippen molar-refractivity contribution in [3.05, 3.63) is 23.0 Å². The van der Waals surface area contributed by atoms with E-state index in [0.717, 1.165) is 29.1 Å². The van der Waals surface area contributed by atoms with Crippen LogP contribution in [-0.2, 0) is 6.42 Å². The van der Waals surface area contributed by atoms with Gasteiger partial charge in [-0.3, -0.25) is 0 Å². The van der Waals surface area contributed by atoms with Crippen molar-refractivity contribution in [1.82, 2.24) is 10.4 Å². The first-order valence-electron chi connectivity index (χ1n) is 4.65. The molecule has 0 aromatic carbocycles. The SMILES string of the molecule is CSCCc1[nH]c(C)cc1/C(=N/N)NN. The number of nitrogens with two attached hydrogens (primary N) is 2. The lowest BCUT2D eigenvalue weighted by atomic mass is 10.2. The second-order valence-corrected chi connectivity index (χ2v) is 4.20. The van der Waals surface area contributed by atoms with Gasteiger partial charge in [0.25, 0.3) is 0 Å². The predicted molar refractivity (Wildman–Crippen MR) is 65.7 cm³/mol. The summed E-state index contributed by atoms with van der Waals surface area (Å²) in [5.74, 6) is 12.2. The van der Waals surface area contributed by atoms with Gasteiger partial charge in [-0.25, -0.2) is 5.84 Å². The Hall–Kier alpha value is -1.14. The second kappa shape index (κ2) is 5.67. The number of hydrazone groups is 1. The Morgan fingerprint density at radius 2 is 2.40 bits per heavy atom. The average Bonchev–Trinajstić information content (AvgIpc) is 2.59. The molecule has 0 bridgehead atoms. The molecule has 1 rings (SSSR count). The number of aromatic nitrogens is 1. The van der Waals surface area contributed by atoms with Crippen LogP contribution >= 0.6 is 11.8 Å². The topological polar surface area (TPSA) is 92.2 Å². The van der Waals surface area contributed by atoms with Crippen LogP contribution < -0.4 is 17.1 Å². The van der Waals surface area contributed by atoms with Gasteiger partial charge in [0.2, 0.25) is 0 Å². The van der Waals surface area contributed by atoms with E-state index in [2.05, 4.69) is 21.8 Å². The first kappa shape index (κ1) is 11.9. The molecule has 6 N–H and O–H groups in total. The molecule has 0 spiro atoms. The van der Waals surface area contributed by atoms with Gasteiger partial charge in [-0.05, 0) is 31.4 Å².